The fraction of sp³-hybridized carbons (Fsp3) is 0.400. The second kappa shape index (κ2) is 8.40. The molecule has 1 aromatic carbocycles. The number of primary amides is 1. The van der Waals surface area contributed by atoms with Gasteiger partial charge in [-0.15, -0.1) is 11.3 Å². The highest BCUT2D eigenvalue weighted by Gasteiger charge is 2.25. The number of rotatable bonds is 6. The maximum atomic E-state index is 11.2. The predicted molar refractivity (Wildman–Crippen MR) is 110 cm³/mol. The van der Waals surface area contributed by atoms with Gasteiger partial charge in [0.25, 0.3) is 0 Å². The number of benzene rings is 1. The van der Waals surface area contributed by atoms with E-state index in [2.05, 4.69) is 32.2 Å². The van der Waals surface area contributed by atoms with Crippen molar-refractivity contribution in [3.63, 3.8) is 0 Å². The summed E-state index contributed by atoms with van der Waals surface area (Å²) in [6.07, 6.45) is 0. The zero-order valence-electron chi connectivity index (χ0n) is 16.5. The number of amides is 1. The molecule has 2 aromatic heterocycles. The largest absolute Gasteiger partial charge is 0.366 e. The van der Waals surface area contributed by atoms with Gasteiger partial charge in [-0.05, 0) is 26.0 Å². The van der Waals surface area contributed by atoms with Gasteiger partial charge in [0, 0.05) is 49.2 Å². The first-order valence-electron chi connectivity index (χ1n) is 9.61. The molecule has 0 aliphatic carbocycles. The van der Waals surface area contributed by atoms with Crippen LogP contribution in [0.5, 0.6) is 0 Å². The highest BCUT2D eigenvalue weighted by Crippen LogP contribution is 2.25. The molecule has 1 fully saturated rings. The number of nitrogens with zero attached hydrogens (tertiary/aromatic N) is 5. The van der Waals surface area contributed by atoms with Crippen LogP contribution in [0.4, 0.5) is 0 Å². The van der Waals surface area contributed by atoms with Crippen molar-refractivity contribution in [1.82, 2.24) is 24.9 Å². The molecule has 3 aromatic rings. The molecular formula is C20H24N6O2S. The normalized spacial score (nSPS) is 16.8. The van der Waals surface area contributed by atoms with Crippen LogP contribution in [0.15, 0.2) is 34.2 Å². The van der Waals surface area contributed by atoms with Gasteiger partial charge in [-0.25, -0.2) is 4.98 Å². The Balaban J connectivity index is 1.32. The Morgan fingerprint density at radius 1 is 1.21 bits per heavy atom. The molecule has 8 nitrogen and oxygen atoms in total. The summed E-state index contributed by atoms with van der Waals surface area (Å²) in [4.78, 5) is 25.1. The van der Waals surface area contributed by atoms with Crippen LogP contribution >= 0.6 is 11.3 Å². The maximum absolute atomic E-state index is 11.2. The molecule has 1 saturated heterocycles. The standard InChI is InChI=1S/C20H24N6O2S/c1-13(19-22-14(2)24-28-19)26-9-7-25(8-10-26)11-17-12-29-20(23-17)16-5-3-15(4-6-16)18(21)27/h3-6,12-13H,7-11H2,1-2H3,(H2,21,27). The van der Waals surface area contributed by atoms with Crippen LogP contribution in [0.3, 0.4) is 0 Å². The molecule has 9 heteroatoms. The number of carbonyl (C=O) groups excluding carboxylic acids is 1. The van der Waals surface area contributed by atoms with E-state index in [9.17, 15) is 4.79 Å². The van der Waals surface area contributed by atoms with E-state index in [0.29, 0.717) is 17.3 Å². The lowest BCUT2D eigenvalue weighted by atomic mass is 10.1. The summed E-state index contributed by atoms with van der Waals surface area (Å²) in [7, 11) is 0. The summed E-state index contributed by atoms with van der Waals surface area (Å²) in [5.74, 6) is 0.940. The van der Waals surface area contributed by atoms with Gasteiger partial charge < -0.3 is 10.3 Å². The van der Waals surface area contributed by atoms with Crippen molar-refractivity contribution in [3.8, 4) is 10.6 Å². The maximum Gasteiger partial charge on any atom is 0.248 e. The minimum atomic E-state index is -0.418. The molecule has 0 saturated carbocycles. The molecule has 1 unspecified atom stereocenters. The molecule has 4 rings (SSSR count). The van der Waals surface area contributed by atoms with Crippen molar-refractivity contribution in [2.75, 3.05) is 26.2 Å². The minimum absolute atomic E-state index is 0.132. The van der Waals surface area contributed by atoms with Crippen LogP contribution in [0, 0.1) is 6.92 Å². The van der Waals surface area contributed by atoms with Gasteiger partial charge >= 0.3 is 0 Å². The van der Waals surface area contributed by atoms with E-state index in [1.807, 2.05) is 19.1 Å². The first-order valence-corrected chi connectivity index (χ1v) is 10.5. The van der Waals surface area contributed by atoms with Crippen molar-refractivity contribution in [1.29, 1.82) is 0 Å². The molecule has 1 atom stereocenters. The average molecular weight is 413 g/mol. The first kappa shape index (κ1) is 19.7. The number of hydrogen-bond donors (Lipinski definition) is 1. The summed E-state index contributed by atoms with van der Waals surface area (Å²) in [5, 5.41) is 6.95. The number of nitrogens with two attached hydrogens (primary N) is 1. The summed E-state index contributed by atoms with van der Waals surface area (Å²) in [5.41, 5.74) is 7.88. The van der Waals surface area contributed by atoms with Crippen LogP contribution in [0.25, 0.3) is 10.6 Å². The molecule has 1 aliphatic rings. The summed E-state index contributed by atoms with van der Waals surface area (Å²) in [6, 6.07) is 7.39. The van der Waals surface area contributed by atoms with Crippen LogP contribution < -0.4 is 5.73 Å². The van der Waals surface area contributed by atoms with Crippen LogP contribution in [-0.4, -0.2) is 57.0 Å². The third kappa shape index (κ3) is 4.52. The molecular weight excluding hydrogens is 388 g/mol. The fourth-order valence-corrected chi connectivity index (χ4v) is 4.28. The van der Waals surface area contributed by atoms with Crippen molar-refractivity contribution in [2.45, 2.75) is 26.4 Å². The van der Waals surface area contributed by atoms with Crippen LogP contribution in [0.1, 0.15) is 40.7 Å². The Morgan fingerprint density at radius 2 is 1.93 bits per heavy atom. The van der Waals surface area contributed by atoms with Gasteiger partial charge in [-0.1, -0.05) is 17.3 Å². The van der Waals surface area contributed by atoms with Gasteiger partial charge in [-0.3, -0.25) is 14.6 Å². The first-order chi connectivity index (χ1) is 14.0. The zero-order chi connectivity index (χ0) is 20.4. The van der Waals surface area contributed by atoms with Crippen molar-refractivity contribution in [2.24, 2.45) is 5.73 Å². The molecule has 0 bridgehead atoms. The highest BCUT2D eigenvalue weighted by molar-refractivity contribution is 7.13. The average Bonchev–Trinajstić information content (AvgIpc) is 3.37. The number of aromatic nitrogens is 3. The van der Waals surface area contributed by atoms with Crippen LogP contribution in [-0.2, 0) is 6.54 Å². The zero-order valence-corrected chi connectivity index (χ0v) is 17.4. The second-order valence-corrected chi connectivity index (χ2v) is 8.11. The number of carbonyl (C=O) groups is 1. The van der Waals surface area contributed by atoms with E-state index in [1.54, 1.807) is 23.5 Å². The highest BCUT2D eigenvalue weighted by atomic mass is 32.1. The smallest absolute Gasteiger partial charge is 0.248 e. The molecule has 0 spiro atoms. The lowest BCUT2D eigenvalue weighted by Gasteiger charge is -2.36. The quantitative estimate of drug-likeness (QED) is 0.664. The van der Waals surface area contributed by atoms with Gasteiger partial charge in [0.05, 0.1) is 11.7 Å². The Bertz CT molecular complexity index is 975. The van der Waals surface area contributed by atoms with Gasteiger partial charge in [0.1, 0.15) is 5.01 Å². The Kier molecular flexibility index (Phi) is 5.70. The number of hydrogen-bond acceptors (Lipinski definition) is 8. The molecule has 1 amide bonds. The summed E-state index contributed by atoms with van der Waals surface area (Å²) in [6.45, 7) is 8.63. The van der Waals surface area contributed by atoms with Crippen LogP contribution in [0.2, 0.25) is 0 Å². The molecule has 2 N–H and O–H groups in total. The van der Waals surface area contributed by atoms with Gasteiger partial charge in [0.2, 0.25) is 11.8 Å². The van der Waals surface area contributed by atoms with Crippen molar-refractivity contribution >= 4 is 17.2 Å². The topological polar surface area (TPSA) is 101 Å². The van der Waals surface area contributed by atoms with Gasteiger partial charge in [0.15, 0.2) is 5.82 Å². The third-order valence-electron chi connectivity index (χ3n) is 5.21. The lowest BCUT2D eigenvalue weighted by Crippen LogP contribution is -2.46. The van der Waals surface area contributed by atoms with E-state index in [4.69, 9.17) is 15.2 Å². The molecule has 29 heavy (non-hydrogen) atoms. The summed E-state index contributed by atoms with van der Waals surface area (Å²) < 4.78 is 5.32. The van der Waals surface area contributed by atoms with Gasteiger partial charge in [-0.2, -0.15) is 4.98 Å². The Morgan fingerprint density at radius 3 is 2.55 bits per heavy atom. The SMILES string of the molecule is Cc1noc(C(C)N2CCN(Cc3csc(-c4ccc(C(N)=O)cc4)n3)CC2)n1. The van der Waals surface area contributed by atoms with E-state index < -0.39 is 5.91 Å². The van der Waals surface area contributed by atoms with E-state index in [-0.39, 0.29) is 6.04 Å². The van der Waals surface area contributed by atoms with E-state index in [1.165, 1.54) is 0 Å². The number of thiazole rings is 1. The number of aryl methyl sites for hydroxylation is 1. The monoisotopic (exact) mass is 412 g/mol. The van der Waals surface area contributed by atoms with Crippen molar-refractivity contribution in [3.05, 3.63) is 52.6 Å². The molecule has 3 heterocycles. The molecule has 0 radical (unpaired) electrons. The van der Waals surface area contributed by atoms with E-state index in [0.717, 1.165) is 49.0 Å². The lowest BCUT2D eigenvalue weighted by molar-refractivity contribution is 0.0840. The molecule has 1 aliphatic heterocycles. The third-order valence-corrected chi connectivity index (χ3v) is 6.15. The Labute approximate surface area is 173 Å². The number of piperazine rings is 1. The molecule has 152 valence electrons. The summed E-state index contributed by atoms with van der Waals surface area (Å²) >= 11 is 1.62. The fourth-order valence-electron chi connectivity index (χ4n) is 3.47. The van der Waals surface area contributed by atoms with E-state index >= 15 is 0 Å². The minimum Gasteiger partial charge on any atom is -0.366 e. The predicted octanol–water partition coefficient (Wildman–Crippen LogP) is 2.48. The second-order valence-electron chi connectivity index (χ2n) is 7.25. The Hall–Kier alpha value is -2.62. The van der Waals surface area contributed by atoms with Crippen molar-refractivity contribution < 1.29 is 9.32 Å².